The van der Waals surface area contributed by atoms with E-state index in [0.717, 1.165) is 11.3 Å². The van der Waals surface area contributed by atoms with Crippen LogP contribution in [0.2, 0.25) is 0 Å². The average Bonchev–Trinajstić information content (AvgIpc) is 2.93. The highest BCUT2D eigenvalue weighted by molar-refractivity contribution is 7.80. The number of hydrogen-bond donors (Lipinski definition) is 1. The van der Waals surface area contributed by atoms with Gasteiger partial charge in [0.05, 0.1) is 0 Å². The highest BCUT2D eigenvalue weighted by Gasteiger charge is 2.30. The third-order valence-electron chi connectivity index (χ3n) is 2.88. The van der Waals surface area contributed by atoms with Crippen LogP contribution in [-0.2, 0) is 9.53 Å². The summed E-state index contributed by atoms with van der Waals surface area (Å²) >= 11 is 6.86. The van der Waals surface area contributed by atoms with Crippen molar-refractivity contribution in [2.75, 3.05) is 19.8 Å². The van der Waals surface area contributed by atoms with Gasteiger partial charge in [-0.2, -0.15) is 0 Å². The molecule has 0 atom stereocenters. The number of hydrogen-bond acceptors (Lipinski definition) is 4. The largest absolute Gasteiger partial charge is 0.382 e. The van der Waals surface area contributed by atoms with Crippen LogP contribution in [0.25, 0.3) is 6.08 Å². The number of amides is 1. The molecule has 1 amide bonds. The standard InChI is InChI=1S/C14H18N2O2S2/c1-3-18-8-4-7-16-13(17)12(15-14(16)19)9-11-6-5-10(2)20-11/h5-6,9H,3-4,7-8H2,1-2H3,(H,15,19)/b12-9-. The van der Waals surface area contributed by atoms with E-state index in [2.05, 4.69) is 5.32 Å². The van der Waals surface area contributed by atoms with Crippen molar-refractivity contribution in [2.45, 2.75) is 20.3 Å². The molecule has 1 aromatic rings. The zero-order valence-corrected chi connectivity index (χ0v) is 13.3. The Morgan fingerprint density at radius 1 is 1.50 bits per heavy atom. The van der Waals surface area contributed by atoms with Crippen LogP contribution in [0.15, 0.2) is 17.8 Å². The first-order valence-corrected chi connectivity index (χ1v) is 7.83. The molecular weight excluding hydrogens is 292 g/mol. The Morgan fingerprint density at radius 3 is 2.95 bits per heavy atom. The fourth-order valence-corrected chi connectivity index (χ4v) is 3.02. The summed E-state index contributed by atoms with van der Waals surface area (Å²) in [6.07, 6.45) is 2.64. The predicted octanol–water partition coefficient (Wildman–Crippen LogP) is 2.54. The van der Waals surface area contributed by atoms with Gasteiger partial charge in [-0.3, -0.25) is 9.69 Å². The van der Waals surface area contributed by atoms with Crippen molar-refractivity contribution in [1.29, 1.82) is 0 Å². The molecule has 0 unspecified atom stereocenters. The monoisotopic (exact) mass is 310 g/mol. The summed E-state index contributed by atoms with van der Waals surface area (Å²) in [5.41, 5.74) is 0.549. The molecule has 4 nitrogen and oxygen atoms in total. The molecule has 0 aromatic carbocycles. The Labute approximate surface area is 128 Å². The Hall–Kier alpha value is -1.24. The van der Waals surface area contributed by atoms with Crippen molar-refractivity contribution in [3.63, 3.8) is 0 Å². The van der Waals surface area contributed by atoms with Crippen LogP contribution >= 0.6 is 23.6 Å². The maximum Gasteiger partial charge on any atom is 0.276 e. The van der Waals surface area contributed by atoms with E-state index in [1.165, 1.54) is 4.88 Å². The van der Waals surface area contributed by atoms with Gasteiger partial charge in [-0.1, -0.05) is 0 Å². The van der Waals surface area contributed by atoms with Crippen molar-refractivity contribution >= 4 is 40.7 Å². The lowest BCUT2D eigenvalue weighted by atomic mass is 10.3. The zero-order chi connectivity index (χ0) is 14.5. The minimum absolute atomic E-state index is 0.0578. The van der Waals surface area contributed by atoms with Gasteiger partial charge >= 0.3 is 0 Å². The van der Waals surface area contributed by atoms with Gasteiger partial charge in [0.15, 0.2) is 5.11 Å². The summed E-state index contributed by atoms with van der Waals surface area (Å²) in [6, 6.07) is 4.04. The molecule has 1 aliphatic heterocycles. The minimum Gasteiger partial charge on any atom is -0.382 e. The summed E-state index contributed by atoms with van der Waals surface area (Å²) in [4.78, 5) is 16.1. The van der Waals surface area contributed by atoms with E-state index in [0.29, 0.717) is 30.6 Å². The van der Waals surface area contributed by atoms with Gasteiger partial charge in [0.1, 0.15) is 5.70 Å². The van der Waals surface area contributed by atoms with Crippen LogP contribution in [-0.4, -0.2) is 35.7 Å². The van der Waals surface area contributed by atoms with Crippen LogP contribution in [0.4, 0.5) is 0 Å². The summed E-state index contributed by atoms with van der Waals surface area (Å²) in [5.74, 6) is -0.0578. The van der Waals surface area contributed by atoms with Gasteiger partial charge in [0.2, 0.25) is 0 Å². The van der Waals surface area contributed by atoms with Gasteiger partial charge in [-0.05, 0) is 50.7 Å². The van der Waals surface area contributed by atoms with E-state index in [4.69, 9.17) is 17.0 Å². The molecule has 0 bridgehead atoms. The van der Waals surface area contributed by atoms with Crippen LogP contribution in [0.1, 0.15) is 23.1 Å². The number of ether oxygens (including phenoxy) is 1. The Bertz CT molecular complexity index is 537. The number of carbonyl (C=O) groups is 1. The molecule has 0 spiro atoms. The quantitative estimate of drug-likeness (QED) is 0.498. The highest BCUT2D eigenvalue weighted by atomic mass is 32.1. The number of nitrogens with zero attached hydrogens (tertiary/aromatic N) is 1. The normalized spacial score (nSPS) is 17.1. The maximum absolute atomic E-state index is 12.3. The van der Waals surface area contributed by atoms with Crippen LogP contribution in [0.3, 0.4) is 0 Å². The van der Waals surface area contributed by atoms with Gasteiger partial charge in [0, 0.05) is 29.5 Å². The Balaban J connectivity index is 1.99. The van der Waals surface area contributed by atoms with E-state index in [-0.39, 0.29) is 5.91 Å². The summed E-state index contributed by atoms with van der Waals surface area (Å²) in [6.45, 7) is 5.93. The predicted molar refractivity (Wildman–Crippen MR) is 85.6 cm³/mol. The summed E-state index contributed by atoms with van der Waals surface area (Å²) < 4.78 is 5.27. The van der Waals surface area contributed by atoms with Crippen LogP contribution in [0, 0.1) is 6.92 Å². The van der Waals surface area contributed by atoms with E-state index in [1.807, 2.05) is 32.1 Å². The smallest absolute Gasteiger partial charge is 0.276 e. The van der Waals surface area contributed by atoms with Gasteiger partial charge < -0.3 is 10.1 Å². The van der Waals surface area contributed by atoms with Crippen LogP contribution < -0.4 is 5.32 Å². The van der Waals surface area contributed by atoms with Crippen molar-refractivity contribution in [3.05, 3.63) is 27.6 Å². The molecular formula is C14H18N2O2S2. The molecule has 0 saturated carbocycles. The molecule has 2 heterocycles. The molecule has 1 fully saturated rings. The van der Waals surface area contributed by atoms with Gasteiger partial charge in [0.25, 0.3) is 5.91 Å². The third kappa shape index (κ3) is 3.65. The fraction of sp³-hybridized carbons (Fsp3) is 0.429. The Morgan fingerprint density at radius 2 is 2.30 bits per heavy atom. The molecule has 1 aromatic heterocycles. The third-order valence-corrected chi connectivity index (χ3v) is 4.15. The molecule has 6 heteroatoms. The second kappa shape index (κ2) is 6.97. The number of carbonyl (C=O) groups excluding carboxylic acids is 1. The molecule has 108 valence electrons. The first-order valence-electron chi connectivity index (χ1n) is 6.60. The lowest BCUT2D eigenvalue weighted by Gasteiger charge is -2.13. The number of nitrogens with one attached hydrogen (secondary N) is 1. The van der Waals surface area contributed by atoms with Gasteiger partial charge in [-0.25, -0.2) is 0 Å². The fourth-order valence-electron chi connectivity index (χ4n) is 1.92. The van der Waals surface area contributed by atoms with Crippen molar-refractivity contribution in [3.8, 4) is 0 Å². The van der Waals surface area contributed by atoms with Crippen molar-refractivity contribution < 1.29 is 9.53 Å². The molecule has 2 rings (SSSR count). The Kier molecular flexibility index (Phi) is 5.28. The molecule has 20 heavy (non-hydrogen) atoms. The first-order chi connectivity index (χ1) is 9.61. The molecule has 1 aliphatic rings. The highest BCUT2D eigenvalue weighted by Crippen LogP contribution is 2.20. The summed E-state index contributed by atoms with van der Waals surface area (Å²) in [5, 5.41) is 3.46. The average molecular weight is 310 g/mol. The lowest BCUT2D eigenvalue weighted by Crippen LogP contribution is -2.32. The van der Waals surface area contributed by atoms with E-state index in [1.54, 1.807) is 16.2 Å². The molecule has 0 aliphatic carbocycles. The first kappa shape index (κ1) is 15.2. The maximum atomic E-state index is 12.3. The van der Waals surface area contributed by atoms with E-state index < -0.39 is 0 Å². The number of thiocarbonyl (C=S) groups is 1. The summed E-state index contributed by atoms with van der Waals surface area (Å²) in [7, 11) is 0. The second-order valence-corrected chi connectivity index (χ2v) is 6.15. The zero-order valence-electron chi connectivity index (χ0n) is 11.6. The molecule has 1 N–H and O–H groups in total. The van der Waals surface area contributed by atoms with Crippen molar-refractivity contribution in [1.82, 2.24) is 10.2 Å². The second-order valence-electron chi connectivity index (χ2n) is 4.44. The molecule has 1 saturated heterocycles. The minimum atomic E-state index is -0.0578. The number of rotatable bonds is 6. The van der Waals surface area contributed by atoms with E-state index >= 15 is 0 Å². The SMILES string of the molecule is CCOCCCN1C(=O)/C(=C/c2ccc(C)s2)NC1=S. The topological polar surface area (TPSA) is 41.6 Å². The lowest BCUT2D eigenvalue weighted by molar-refractivity contribution is -0.122. The molecule has 0 radical (unpaired) electrons. The van der Waals surface area contributed by atoms with Crippen LogP contribution in [0.5, 0.6) is 0 Å². The number of thiophene rings is 1. The number of aryl methyl sites for hydroxylation is 1. The van der Waals surface area contributed by atoms with Crippen molar-refractivity contribution in [2.24, 2.45) is 0 Å². The van der Waals surface area contributed by atoms with E-state index in [9.17, 15) is 4.79 Å². The van der Waals surface area contributed by atoms with Gasteiger partial charge in [-0.15, -0.1) is 11.3 Å².